The summed E-state index contributed by atoms with van der Waals surface area (Å²) in [6.07, 6.45) is 8.52. The van der Waals surface area contributed by atoms with Gasteiger partial charge in [0.15, 0.2) is 36.2 Å². The summed E-state index contributed by atoms with van der Waals surface area (Å²) in [7, 11) is 8.37. The number of rotatable bonds is 8. The highest BCUT2D eigenvalue weighted by Gasteiger charge is 2.32. The number of hydrogen-bond acceptors (Lipinski definition) is 5. The Morgan fingerprint density at radius 2 is 0.645 bits per heavy atom. The average molecular weight is 1620 g/mol. The zero-order valence-corrected chi connectivity index (χ0v) is 74.3. The van der Waals surface area contributed by atoms with Crippen molar-refractivity contribution in [2.75, 3.05) is 0 Å². The number of para-hydroxylation sites is 1. The van der Waals surface area contributed by atoms with Gasteiger partial charge in [-0.1, -0.05) is 146 Å². The second-order valence-electron chi connectivity index (χ2n) is 34.9. The fourth-order valence-electron chi connectivity index (χ4n) is 18.3. The molecular weight excluding hydrogens is 1520 g/mol. The van der Waals surface area contributed by atoms with E-state index >= 15 is 0 Å². The van der Waals surface area contributed by atoms with Crippen LogP contribution in [0.15, 0.2) is 237 Å². The third-order valence-corrected chi connectivity index (χ3v) is 25.9. The van der Waals surface area contributed by atoms with Crippen molar-refractivity contribution in [2.45, 2.75) is 134 Å². The van der Waals surface area contributed by atoms with Gasteiger partial charge in [0.25, 0.3) is 0 Å². The molecule has 12 nitrogen and oxygen atoms in total. The van der Waals surface area contributed by atoms with E-state index in [-0.39, 0.29) is 0 Å². The van der Waals surface area contributed by atoms with Gasteiger partial charge in [-0.25, -0.2) is 32.8 Å². The van der Waals surface area contributed by atoms with Crippen molar-refractivity contribution >= 4 is 148 Å². The predicted molar refractivity (Wildman–Crippen MR) is 509 cm³/mol. The minimum atomic E-state index is 0.481. The summed E-state index contributed by atoms with van der Waals surface area (Å²) in [4.78, 5) is 10.9. The lowest BCUT2D eigenvalue weighted by Crippen LogP contribution is -2.31. The lowest BCUT2D eigenvalue weighted by Gasteiger charge is -2.12. The van der Waals surface area contributed by atoms with E-state index in [4.69, 9.17) is 37.4 Å². The van der Waals surface area contributed by atoms with Crippen LogP contribution in [-0.2, 0) is 28.2 Å². The third kappa shape index (κ3) is 13.9. The predicted octanol–water partition coefficient (Wildman–Crippen LogP) is 29.4. The third-order valence-electron chi connectivity index (χ3n) is 25.9. The Hall–Kier alpha value is -14.6. The largest absolute Gasteiger partial charge is 0.466 e. The Bertz CT molecular complexity index is 7850. The van der Waals surface area contributed by atoms with Gasteiger partial charge in [-0.15, -0.1) is 0 Å². The summed E-state index contributed by atoms with van der Waals surface area (Å²) in [6.45, 7) is 57.3. The molecule has 12 heteroatoms. The molecule has 0 fully saturated rings. The van der Waals surface area contributed by atoms with Crippen LogP contribution in [0.5, 0.6) is 0 Å². The molecule has 0 saturated carbocycles. The molecule has 20 aromatic rings. The van der Waals surface area contributed by atoms with Gasteiger partial charge in [0.2, 0.25) is 28.5 Å². The van der Waals surface area contributed by atoms with Crippen LogP contribution in [0.2, 0.25) is 0 Å². The van der Waals surface area contributed by atoms with Crippen LogP contribution in [0.3, 0.4) is 0 Å². The molecule has 0 radical (unpaired) electrons. The molecule has 0 aliphatic carbocycles. The highest BCUT2D eigenvalue weighted by molar-refractivity contribution is 6.18. The molecule has 124 heavy (non-hydrogen) atoms. The van der Waals surface area contributed by atoms with Crippen LogP contribution in [0.25, 0.3) is 190 Å². The van der Waals surface area contributed by atoms with E-state index in [1.807, 2.05) is 72.8 Å². The summed E-state index contributed by atoms with van der Waals surface area (Å²) in [5.41, 5.74) is 33.0. The van der Waals surface area contributed by atoms with Crippen LogP contribution in [-0.4, -0.2) is 0 Å². The van der Waals surface area contributed by atoms with E-state index in [0.717, 1.165) is 127 Å². The molecule has 0 spiro atoms. The maximum atomic E-state index is 9.68. The Morgan fingerprint density at radius 1 is 0.298 bits per heavy atom. The molecule has 0 aliphatic rings. The quantitative estimate of drug-likeness (QED) is 0.111. The Morgan fingerprint density at radius 3 is 1.05 bits per heavy atom. The van der Waals surface area contributed by atoms with Crippen molar-refractivity contribution in [1.82, 2.24) is 0 Å². The van der Waals surface area contributed by atoms with Crippen LogP contribution in [0, 0.1) is 86.4 Å². The van der Waals surface area contributed by atoms with Gasteiger partial charge in [-0.2, -0.15) is 5.26 Å². The molecule has 20 rings (SSSR count). The summed E-state index contributed by atoms with van der Waals surface area (Å²) < 4.78 is 34.4. The van der Waals surface area contributed by atoms with Crippen molar-refractivity contribution in [2.24, 2.45) is 28.2 Å². The van der Waals surface area contributed by atoms with E-state index in [1.54, 1.807) is 0 Å². The SMILES string of the molecule is Cc1cc2c(oc3cccc(C#N)c32)c(-c2c3ccc(C(C)C)cc3cc[n+]2C)c1C.[C-]#[N+]c1ccc2c(c1)oc1c(-c3c4ccc(C(C)C)cc4cc[n+]3C)c(C)c(C)cc12.[C-]#[N+]c1ccc2oc3c(-c4c5ccc(C(C)C)cc5cc[n+]4C)c(C)c(C)cc3c2c1.[C-]#[N+]c1cccc2c1oc1c(-c3c4ccc(C(C)C)cc4cc[n+]3C)c(C)c(C)cc12. The molecule has 0 atom stereocenters. The minimum absolute atomic E-state index is 0.481. The van der Waals surface area contributed by atoms with Crippen molar-refractivity contribution in [3.63, 3.8) is 0 Å². The van der Waals surface area contributed by atoms with Gasteiger partial charge in [0.1, 0.15) is 72.9 Å². The topological polar surface area (TPSA) is 105 Å². The first-order valence-corrected chi connectivity index (χ1v) is 42.7. The number of fused-ring (bicyclic) bond motifs is 16. The number of hydrogen-bond donors (Lipinski definition) is 0. The van der Waals surface area contributed by atoms with Gasteiger partial charge < -0.3 is 17.7 Å². The number of aryl methyl sites for hydroxylation is 8. The van der Waals surface area contributed by atoms with Crippen molar-refractivity contribution in [1.29, 1.82) is 5.26 Å². The molecule has 0 bridgehead atoms. The van der Waals surface area contributed by atoms with Gasteiger partial charge in [-0.05, 0) is 246 Å². The van der Waals surface area contributed by atoms with Gasteiger partial charge in [0, 0.05) is 67.4 Å². The fourth-order valence-corrected chi connectivity index (χ4v) is 18.3. The van der Waals surface area contributed by atoms with Crippen LogP contribution < -0.4 is 18.3 Å². The molecular formula is C112H100N8O4+4. The highest BCUT2D eigenvalue weighted by Crippen LogP contribution is 2.48. The number of aromatic nitrogens is 4. The molecule has 0 amide bonds. The second-order valence-corrected chi connectivity index (χ2v) is 34.9. The molecule has 0 aliphatic heterocycles. The Kier molecular flexibility index (Phi) is 21.2. The monoisotopic (exact) mass is 1620 g/mol. The lowest BCUT2D eigenvalue weighted by molar-refractivity contribution is -0.659. The standard InChI is InChI=1S/4C28H25N2O/c1-16(2)19-7-9-22-20(14-19)11-12-30(6)27(22)26-18(4)17(3)13-24-23-15-21(29-5)8-10-25(23)31-28(24)26;1-16(2)19-7-9-22-20(14-19)11-12-30(6)27(22)26-18(4)17(3)13-24-23-10-8-21(29-5)15-25(23)31-28(24)26;1-16(2)19-10-11-21-20(15-19)12-13-30(6)26(21)25-18(4)17(3)14-23-22-8-7-9-24(29-5)27(22)31-28(23)25;1-16(2)19-9-10-22-20(14-19)11-12-30(5)27(22)25-18(4)17(3)13-23-26-21(15-29)7-6-8-24(26)31-28(23)25/h3*7-16H,1-4,6H3;6-14,16H,1-5H3/q4*+1. The van der Waals surface area contributed by atoms with E-state index in [2.05, 4.69) is 324 Å². The Balaban J connectivity index is 0.000000117. The van der Waals surface area contributed by atoms with Crippen molar-refractivity contribution < 1.29 is 35.9 Å². The van der Waals surface area contributed by atoms with E-state index in [0.29, 0.717) is 51.9 Å². The molecule has 12 aromatic carbocycles. The van der Waals surface area contributed by atoms with E-state index in [1.165, 1.54) is 110 Å². The normalized spacial score (nSPS) is 11.6. The smallest absolute Gasteiger partial charge is 0.229 e. The molecule has 8 aromatic heterocycles. The maximum absolute atomic E-state index is 9.68. The zero-order valence-electron chi connectivity index (χ0n) is 74.3. The number of nitriles is 1. The van der Waals surface area contributed by atoms with Gasteiger partial charge >= 0.3 is 0 Å². The van der Waals surface area contributed by atoms with E-state index in [9.17, 15) is 5.26 Å². The number of pyridine rings is 4. The fraction of sp³-hybridized carbons (Fsp3) is 0.214. The first-order chi connectivity index (χ1) is 59.6. The first-order valence-electron chi connectivity index (χ1n) is 42.7. The number of nitrogens with zero attached hydrogens (tertiary/aromatic N) is 8. The van der Waals surface area contributed by atoms with Crippen molar-refractivity contribution in [3.05, 3.63) is 325 Å². The zero-order chi connectivity index (χ0) is 87.4. The number of benzene rings is 12. The molecule has 0 saturated heterocycles. The molecule has 0 unspecified atom stereocenters. The average Bonchev–Trinajstić information content (AvgIpc) is 1.55. The minimum Gasteiger partial charge on any atom is -0.466 e. The molecule has 0 N–H and O–H groups in total. The maximum Gasteiger partial charge on any atom is 0.229 e. The molecule has 608 valence electrons. The summed E-state index contributed by atoms with van der Waals surface area (Å²) in [5.74, 6) is 1.94. The first kappa shape index (κ1) is 81.8. The van der Waals surface area contributed by atoms with Crippen LogP contribution in [0.4, 0.5) is 17.1 Å². The summed E-state index contributed by atoms with van der Waals surface area (Å²) in [5, 5.41) is 27.6. The van der Waals surface area contributed by atoms with E-state index < -0.39 is 0 Å². The van der Waals surface area contributed by atoms with Gasteiger partial charge in [0.05, 0.1) is 75.1 Å². The lowest BCUT2D eigenvalue weighted by atomic mass is 9.92. The van der Waals surface area contributed by atoms with Gasteiger partial charge in [-0.3, -0.25) is 0 Å². The van der Waals surface area contributed by atoms with Crippen LogP contribution in [0.1, 0.15) is 151 Å². The Labute approximate surface area is 723 Å². The highest BCUT2D eigenvalue weighted by atomic mass is 16.3. The van der Waals surface area contributed by atoms with Crippen LogP contribution >= 0.6 is 0 Å². The molecule has 8 heterocycles. The number of furan rings is 4. The second kappa shape index (κ2) is 32.1. The van der Waals surface area contributed by atoms with Crippen molar-refractivity contribution in [3.8, 4) is 51.1 Å². The summed E-state index contributed by atoms with van der Waals surface area (Å²) in [6, 6.07) is 69.8. The summed E-state index contributed by atoms with van der Waals surface area (Å²) >= 11 is 0.